The molecule has 110 valence electrons. The van der Waals surface area contributed by atoms with Crippen molar-refractivity contribution in [2.24, 2.45) is 0 Å². The summed E-state index contributed by atoms with van der Waals surface area (Å²) in [7, 11) is 4.27. The van der Waals surface area contributed by atoms with Crippen LogP contribution in [0.3, 0.4) is 0 Å². The van der Waals surface area contributed by atoms with Crippen molar-refractivity contribution in [2.75, 3.05) is 20.6 Å². The number of hydrogen-bond donors (Lipinski definition) is 2. The molecule has 2 fully saturated rings. The Morgan fingerprint density at radius 2 is 1.95 bits per heavy atom. The molecule has 2 heterocycles. The normalized spacial score (nSPS) is 33.5. The third-order valence-corrected chi connectivity index (χ3v) is 6.31. The van der Waals surface area contributed by atoms with Gasteiger partial charge in [0.25, 0.3) is 0 Å². The lowest BCUT2D eigenvalue weighted by atomic mass is 9.71. The number of rotatable bonds is 2. The fraction of sp³-hybridized carbons (Fsp3) is 0.643. The van der Waals surface area contributed by atoms with Crippen molar-refractivity contribution >= 4 is 29.0 Å². The van der Waals surface area contributed by atoms with Crippen molar-refractivity contribution in [1.29, 1.82) is 0 Å². The van der Waals surface area contributed by atoms with Crippen molar-refractivity contribution in [2.45, 2.75) is 36.8 Å². The van der Waals surface area contributed by atoms with Crippen LogP contribution >= 0.6 is 22.9 Å². The van der Waals surface area contributed by atoms with Crippen LogP contribution in [0, 0.1) is 0 Å². The van der Waals surface area contributed by atoms with E-state index in [1.165, 1.54) is 4.88 Å². The fourth-order valence-electron chi connectivity index (χ4n) is 3.50. The summed E-state index contributed by atoms with van der Waals surface area (Å²) in [6.07, 6.45) is 4.08. The molecule has 1 aliphatic heterocycles. The van der Waals surface area contributed by atoms with Crippen molar-refractivity contribution in [3.63, 3.8) is 0 Å². The molecular weight excluding hydrogens is 294 g/mol. The van der Waals surface area contributed by atoms with E-state index in [9.17, 15) is 4.79 Å². The van der Waals surface area contributed by atoms with E-state index in [2.05, 4.69) is 35.7 Å². The van der Waals surface area contributed by atoms with Gasteiger partial charge in [0.05, 0.1) is 15.4 Å². The Balaban J connectivity index is 1.83. The van der Waals surface area contributed by atoms with Crippen molar-refractivity contribution < 1.29 is 4.79 Å². The van der Waals surface area contributed by atoms with Gasteiger partial charge in [0.15, 0.2) is 0 Å². The van der Waals surface area contributed by atoms with Crippen molar-refractivity contribution in [1.82, 2.24) is 15.5 Å². The SMILES string of the molecule is CN(C)C1(c2ccc(Cl)s2)CCC2(CC1)CNC(=O)N2. The maximum Gasteiger partial charge on any atom is 0.315 e. The molecular formula is C14H20ClN3OS. The highest BCUT2D eigenvalue weighted by Crippen LogP contribution is 2.47. The van der Waals surface area contributed by atoms with E-state index in [4.69, 9.17) is 11.6 Å². The van der Waals surface area contributed by atoms with E-state index >= 15 is 0 Å². The molecule has 1 aliphatic carbocycles. The standard InChI is InChI=1S/C14H20ClN3OS/c1-18(2)14(10-3-4-11(15)20-10)7-5-13(6-8-14)9-16-12(19)17-13/h3-4H,5-9H2,1-2H3,(H2,16,17,19). The highest BCUT2D eigenvalue weighted by Gasteiger charge is 2.48. The maximum atomic E-state index is 11.4. The van der Waals surface area contributed by atoms with Gasteiger partial charge in [0, 0.05) is 11.4 Å². The summed E-state index contributed by atoms with van der Waals surface area (Å²) < 4.78 is 0.845. The van der Waals surface area contributed by atoms with Gasteiger partial charge in [-0.15, -0.1) is 11.3 Å². The Morgan fingerprint density at radius 3 is 2.40 bits per heavy atom. The topological polar surface area (TPSA) is 44.4 Å². The third-order valence-electron chi connectivity index (χ3n) is 4.89. The number of carbonyl (C=O) groups excluding carboxylic acids is 1. The minimum absolute atomic E-state index is 0.0264. The molecule has 4 nitrogen and oxygen atoms in total. The molecule has 1 saturated carbocycles. The van der Waals surface area contributed by atoms with Crippen LogP contribution in [0.2, 0.25) is 4.34 Å². The maximum absolute atomic E-state index is 11.4. The van der Waals surface area contributed by atoms with Gasteiger partial charge in [-0.3, -0.25) is 4.90 Å². The molecule has 2 N–H and O–H groups in total. The van der Waals surface area contributed by atoms with Gasteiger partial charge in [-0.2, -0.15) is 0 Å². The van der Waals surface area contributed by atoms with Crippen LogP contribution in [-0.4, -0.2) is 37.1 Å². The Bertz CT molecular complexity index is 520. The summed E-state index contributed by atoms with van der Waals surface area (Å²) in [6.45, 7) is 0.751. The van der Waals surface area contributed by atoms with Crippen molar-refractivity contribution in [3.05, 3.63) is 21.3 Å². The predicted molar refractivity (Wildman–Crippen MR) is 82.4 cm³/mol. The number of nitrogens with zero attached hydrogens (tertiary/aromatic N) is 1. The van der Waals surface area contributed by atoms with Crippen LogP contribution in [-0.2, 0) is 5.54 Å². The number of thiophene rings is 1. The van der Waals surface area contributed by atoms with Gasteiger partial charge in [-0.25, -0.2) is 4.79 Å². The van der Waals surface area contributed by atoms with Gasteiger partial charge in [0.2, 0.25) is 0 Å². The molecule has 1 aromatic rings. The van der Waals surface area contributed by atoms with Crippen LogP contribution < -0.4 is 10.6 Å². The highest BCUT2D eigenvalue weighted by molar-refractivity contribution is 7.16. The van der Waals surface area contributed by atoms with E-state index < -0.39 is 0 Å². The minimum Gasteiger partial charge on any atom is -0.336 e. The van der Waals surface area contributed by atoms with Crippen molar-refractivity contribution in [3.8, 4) is 0 Å². The number of urea groups is 1. The smallest absolute Gasteiger partial charge is 0.315 e. The molecule has 1 saturated heterocycles. The average Bonchev–Trinajstić information content (AvgIpc) is 2.98. The molecule has 0 radical (unpaired) electrons. The minimum atomic E-state index is -0.0440. The molecule has 1 spiro atoms. The van der Waals surface area contributed by atoms with E-state index in [0.29, 0.717) is 0 Å². The quantitative estimate of drug-likeness (QED) is 0.882. The zero-order valence-electron chi connectivity index (χ0n) is 11.8. The summed E-state index contributed by atoms with van der Waals surface area (Å²) >= 11 is 7.79. The molecule has 1 aromatic heterocycles. The summed E-state index contributed by atoms with van der Waals surface area (Å²) in [5, 5.41) is 6.01. The van der Waals surface area contributed by atoms with Gasteiger partial charge in [0.1, 0.15) is 0 Å². The number of nitrogens with one attached hydrogen (secondary N) is 2. The van der Waals surface area contributed by atoms with E-state index in [0.717, 1.165) is 36.6 Å². The summed E-state index contributed by atoms with van der Waals surface area (Å²) in [5.41, 5.74) is 0.00796. The Hall–Kier alpha value is -0.780. The van der Waals surface area contributed by atoms with Crippen LogP contribution in [0.5, 0.6) is 0 Å². The third kappa shape index (κ3) is 2.22. The van der Waals surface area contributed by atoms with E-state index in [1.807, 2.05) is 6.07 Å². The Morgan fingerprint density at radius 1 is 1.25 bits per heavy atom. The highest BCUT2D eigenvalue weighted by atomic mass is 35.5. The molecule has 0 aromatic carbocycles. The second-order valence-corrected chi connectivity index (χ2v) is 7.83. The first-order chi connectivity index (χ1) is 9.46. The summed E-state index contributed by atoms with van der Waals surface area (Å²) in [4.78, 5) is 15.1. The van der Waals surface area contributed by atoms with Crippen LogP contribution in [0.4, 0.5) is 4.79 Å². The molecule has 20 heavy (non-hydrogen) atoms. The molecule has 3 rings (SSSR count). The lowest BCUT2D eigenvalue weighted by Gasteiger charge is -2.47. The van der Waals surface area contributed by atoms with Crippen LogP contribution in [0.25, 0.3) is 0 Å². The molecule has 6 heteroatoms. The monoisotopic (exact) mass is 313 g/mol. The van der Waals surface area contributed by atoms with Gasteiger partial charge in [-0.05, 0) is 51.9 Å². The van der Waals surface area contributed by atoms with E-state index in [-0.39, 0.29) is 17.1 Å². The first kappa shape index (κ1) is 14.2. The lowest BCUT2D eigenvalue weighted by molar-refractivity contribution is 0.0684. The first-order valence-electron chi connectivity index (χ1n) is 6.95. The van der Waals surface area contributed by atoms with Gasteiger partial charge < -0.3 is 10.6 Å². The number of carbonyl (C=O) groups is 1. The first-order valence-corrected chi connectivity index (χ1v) is 8.15. The van der Waals surface area contributed by atoms with E-state index in [1.54, 1.807) is 11.3 Å². The summed E-state index contributed by atoms with van der Waals surface area (Å²) in [6, 6.07) is 4.11. The van der Waals surface area contributed by atoms with Crippen LogP contribution in [0.1, 0.15) is 30.6 Å². The van der Waals surface area contributed by atoms with Gasteiger partial charge in [-0.1, -0.05) is 11.6 Å². The van der Waals surface area contributed by atoms with Gasteiger partial charge >= 0.3 is 6.03 Å². The molecule has 2 amide bonds. The second kappa shape index (κ2) is 4.90. The number of hydrogen-bond acceptors (Lipinski definition) is 3. The number of halogens is 1. The molecule has 0 unspecified atom stereocenters. The molecule has 0 atom stereocenters. The largest absolute Gasteiger partial charge is 0.336 e. The Labute approximate surface area is 128 Å². The molecule has 2 aliphatic rings. The Kier molecular flexibility index (Phi) is 3.47. The fourth-order valence-corrected chi connectivity index (χ4v) is 4.87. The zero-order chi connectivity index (χ0) is 14.4. The molecule has 0 bridgehead atoms. The second-order valence-electron chi connectivity index (χ2n) is 6.12. The summed E-state index contributed by atoms with van der Waals surface area (Å²) in [5.74, 6) is 0. The predicted octanol–water partition coefficient (Wildman–Crippen LogP) is 2.78. The van der Waals surface area contributed by atoms with Crippen LogP contribution in [0.15, 0.2) is 12.1 Å². The average molecular weight is 314 g/mol. The lowest BCUT2D eigenvalue weighted by Crippen LogP contribution is -2.53. The zero-order valence-corrected chi connectivity index (χ0v) is 13.4. The number of amides is 2.